The summed E-state index contributed by atoms with van der Waals surface area (Å²) in [5.74, 6) is 0.305. The van der Waals surface area contributed by atoms with Crippen LogP contribution in [0.25, 0.3) is 0 Å². The molecule has 1 heterocycles. The Morgan fingerprint density at radius 2 is 2.40 bits per heavy atom. The molecule has 1 aromatic heterocycles. The van der Waals surface area contributed by atoms with Crippen molar-refractivity contribution in [3.05, 3.63) is 22.8 Å². The van der Waals surface area contributed by atoms with E-state index in [1.54, 1.807) is 19.1 Å². The van der Waals surface area contributed by atoms with Gasteiger partial charge in [-0.1, -0.05) is 17.7 Å². The molecule has 6 heteroatoms. The number of ether oxygens (including phenoxy) is 1. The molecule has 0 radical (unpaired) electrons. The molecule has 82 valence electrons. The Bertz CT molecular complexity index is 357. The van der Waals surface area contributed by atoms with Crippen LogP contribution in [0.5, 0.6) is 0 Å². The molecule has 0 atom stereocenters. The standard InChI is InChI=1S/C9H12ClN3O2/c1-2-15-9(14)12-5-6-3-4-7(10)13-8(6)11/h3-4H,2,5H2,1H3,(H2,11,13)(H,12,14). The van der Waals surface area contributed by atoms with Crippen LogP contribution in [-0.2, 0) is 11.3 Å². The summed E-state index contributed by atoms with van der Waals surface area (Å²) in [6.07, 6.45) is -0.480. The molecule has 0 aliphatic carbocycles. The van der Waals surface area contributed by atoms with Crippen LogP contribution >= 0.6 is 11.6 Å². The van der Waals surface area contributed by atoms with Crippen molar-refractivity contribution in [1.29, 1.82) is 0 Å². The highest BCUT2D eigenvalue weighted by atomic mass is 35.5. The summed E-state index contributed by atoms with van der Waals surface area (Å²) >= 11 is 5.63. The molecule has 0 bridgehead atoms. The Balaban J connectivity index is 2.54. The number of pyridine rings is 1. The maximum Gasteiger partial charge on any atom is 0.407 e. The summed E-state index contributed by atoms with van der Waals surface area (Å²) in [6.45, 7) is 2.34. The molecule has 0 unspecified atom stereocenters. The number of nitrogens with two attached hydrogens (primary N) is 1. The summed E-state index contributed by atoms with van der Waals surface area (Å²) in [5.41, 5.74) is 6.30. The largest absolute Gasteiger partial charge is 0.450 e. The van der Waals surface area contributed by atoms with E-state index in [2.05, 4.69) is 15.0 Å². The maximum absolute atomic E-state index is 11.0. The molecule has 0 saturated heterocycles. The van der Waals surface area contributed by atoms with Crippen molar-refractivity contribution in [2.24, 2.45) is 0 Å². The highest BCUT2D eigenvalue weighted by Crippen LogP contribution is 2.12. The fourth-order valence-corrected chi connectivity index (χ4v) is 1.13. The number of rotatable bonds is 3. The van der Waals surface area contributed by atoms with E-state index in [9.17, 15) is 4.79 Å². The Morgan fingerprint density at radius 1 is 1.67 bits per heavy atom. The number of anilines is 1. The van der Waals surface area contributed by atoms with Gasteiger partial charge in [0.05, 0.1) is 6.61 Å². The monoisotopic (exact) mass is 229 g/mol. The minimum absolute atomic E-state index is 0.273. The van der Waals surface area contributed by atoms with Crippen molar-refractivity contribution in [2.75, 3.05) is 12.3 Å². The smallest absolute Gasteiger partial charge is 0.407 e. The van der Waals surface area contributed by atoms with Crippen LogP contribution in [0.2, 0.25) is 5.15 Å². The zero-order valence-electron chi connectivity index (χ0n) is 8.29. The van der Waals surface area contributed by atoms with Crippen LogP contribution in [0.3, 0.4) is 0 Å². The van der Waals surface area contributed by atoms with Gasteiger partial charge in [0.2, 0.25) is 0 Å². The second-order valence-electron chi connectivity index (χ2n) is 2.75. The Kier molecular flexibility index (Phi) is 4.17. The highest BCUT2D eigenvalue weighted by molar-refractivity contribution is 6.29. The van der Waals surface area contributed by atoms with Crippen LogP contribution < -0.4 is 11.1 Å². The minimum atomic E-state index is -0.480. The lowest BCUT2D eigenvalue weighted by atomic mass is 10.2. The van der Waals surface area contributed by atoms with Crippen LogP contribution in [0.1, 0.15) is 12.5 Å². The zero-order chi connectivity index (χ0) is 11.3. The molecule has 5 nitrogen and oxygen atoms in total. The van der Waals surface area contributed by atoms with E-state index in [0.717, 1.165) is 0 Å². The summed E-state index contributed by atoms with van der Waals surface area (Å²) in [7, 11) is 0. The topological polar surface area (TPSA) is 77.2 Å². The lowest BCUT2D eigenvalue weighted by Gasteiger charge is -2.07. The first-order valence-corrected chi connectivity index (χ1v) is 4.82. The van der Waals surface area contributed by atoms with E-state index in [-0.39, 0.29) is 6.54 Å². The lowest BCUT2D eigenvalue weighted by Crippen LogP contribution is -2.24. The molecule has 15 heavy (non-hydrogen) atoms. The average molecular weight is 230 g/mol. The van der Waals surface area contributed by atoms with Gasteiger partial charge in [-0.15, -0.1) is 0 Å². The number of alkyl carbamates (subject to hydrolysis) is 1. The van der Waals surface area contributed by atoms with Gasteiger partial charge in [0, 0.05) is 12.1 Å². The van der Waals surface area contributed by atoms with Crippen molar-refractivity contribution in [2.45, 2.75) is 13.5 Å². The fraction of sp³-hybridized carbons (Fsp3) is 0.333. The van der Waals surface area contributed by atoms with E-state index in [0.29, 0.717) is 23.1 Å². The molecule has 0 aliphatic rings. The van der Waals surface area contributed by atoms with Gasteiger partial charge in [-0.25, -0.2) is 9.78 Å². The van der Waals surface area contributed by atoms with Crippen LogP contribution in [0.4, 0.5) is 10.6 Å². The first kappa shape index (κ1) is 11.6. The van der Waals surface area contributed by atoms with E-state index >= 15 is 0 Å². The normalized spacial score (nSPS) is 9.73. The van der Waals surface area contributed by atoms with Gasteiger partial charge in [-0.3, -0.25) is 0 Å². The summed E-state index contributed by atoms with van der Waals surface area (Å²) < 4.78 is 4.69. The minimum Gasteiger partial charge on any atom is -0.450 e. The molecule has 0 fully saturated rings. The molecule has 3 N–H and O–H groups in total. The quantitative estimate of drug-likeness (QED) is 0.772. The first-order valence-electron chi connectivity index (χ1n) is 4.45. The predicted molar refractivity (Wildman–Crippen MR) is 57.5 cm³/mol. The van der Waals surface area contributed by atoms with Gasteiger partial charge in [-0.05, 0) is 13.0 Å². The maximum atomic E-state index is 11.0. The first-order chi connectivity index (χ1) is 7.13. The SMILES string of the molecule is CCOC(=O)NCc1ccc(Cl)nc1N. The summed E-state index contributed by atoms with van der Waals surface area (Å²) in [6, 6.07) is 3.32. The number of hydrogen-bond donors (Lipinski definition) is 2. The number of nitrogens with zero attached hydrogens (tertiary/aromatic N) is 1. The molecule has 1 rings (SSSR count). The summed E-state index contributed by atoms with van der Waals surface area (Å²) in [4.78, 5) is 14.8. The van der Waals surface area contributed by atoms with Gasteiger partial charge in [0.1, 0.15) is 11.0 Å². The van der Waals surface area contributed by atoms with E-state index in [1.165, 1.54) is 0 Å². The Hall–Kier alpha value is -1.49. The number of carbonyl (C=O) groups excluding carboxylic acids is 1. The van der Waals surface area contributed by atoms with Crippen molar-refractivity contribution in [3.63, 3.8) is 0 Å². The van der Waals surface area contributed by atoms with Crippen LogP contribution in [0.15, 0.2) is 12.1 Å². The van der Waals surface area contributed by atoms with Gasteiger partial charge < -0.3 is 15.8 Å². The number of halogens is 1. The Labute approximate surface area is 92.6 Å². The summed E-state index contributed by atoms with van der Waals surface area (Å²) in [5, 5.41) is 2.86. The number of aromatic nitrogens is 1. The zero-order valence-corrected chi connectivity index (χ0v) is 9.04. The van der Waals surface area contributed by atoms with Gasteiger partial charge in [0.25, 0.3) is 0 Å². The Morgan fingerprint density at radius 3 is 3.00 bits per heavy atom. The molecular weight excluding hydrogens is 218 g/mol. The van der Waals surface area contributed by atoms with Gasteiger partial charge in [-0.2, -0.15) is 0 Å². The molecule has 1 amide bonds. The van der Waals surface area contributed by atoms with Crippen molar-refractivity contribution in [1.82, 2.24) is 10.3 Å². The second kappa shape index (κ2) is 5.41. The van der Waals surface area contributed by atoms with Crippen LogP contribution in [-0.4, -0.2) is 17.7 Å². The number of hydrogen-bond acceptors (Lipinski definition) is 4. The number of carbonyl (C=O) groups is 1. The fourth-order valence-electron chi connectivity index (χ4n) is 0.978. The average Bonchev–Trinajstić information content (AvgIpc) is 2.17. The van der Waals surface area contributed by atoms with E-state index in [1.807, 2.05) is 0 Å². The van der Waals surface area contributed by atoms with E-state index < -0.39 is 6.09 Å². The van der Waals surface area contributed by atoms with Crippen molar-refractivity contribution < 1.29 is 9.53 Å². The predicted octanol–water partition coefficient (Wildman–Crippen LogP) is 1.56. The lowest BCUT2D eigenvalue weighted by molar-refractivity contribution is 0.151. The molecule has 0 aliphatic heterocycles. The van der Waals surface area contributed by atoms with Crippen LogP contribution in [0, 0.1) is 0 Å². The van der Waals surface area contributed by atoms with Gasteiger partial charge >= 0.3 is 6.09 Å². The van der Waals surface area contributed by atoms with Crippen molar-refractivity contribution in [3.8, 4) is 0 Å². The molecule has 0 saturated carbocycles. The van der Waals surface area contributed by atoms with E-state index in [4.69, 9.17) is 17.3 Å². The number of nitrogens with one attached hydrogen (secondary N) is 1. The molecule has 1 aromatic rings. The number of amides is 1. The highest BCUT2D eigenvalue weighted by Gasteiger charge is 2.04. The van der Waals surface area contributed by atoms with Gasteiger partial charge in [0.15, 0.2) is 0 Å². The second-order valence-corrected chi connectivity index (χ2v) is 3.14. The molecular formula is C9H12ClN3O2. The number of nitrogen functional groups attached to an aromatic ring is 1. The third kappa shape index (κ3) is 3.63. The third-order valence-electron chi connectivity index (χ3n) is 1.68. The molecule has 0 aromatic carbocycles. The van der Waals surface area contributed by atoms with Crippen molar-refractivity contribution >= 4 is 23.5 Å². The molecule has 0 spiro atoms. The third-order valence-corrected chi connectivity index (χ3v) is 1.89.